The van der Waals surface area contributed by atoms with Crippen LogP contribution in [0.15, 0.2) is 0 Å². The normalized spacial score (nSPS) is 40.6. The first-order valence-corrected chi connectivity index (χ1v) is 8.52. The summed E-state index contributed by atoms with van der Waals surface area (Å²) in [6.07, 6.45) is 5.77. The van der Waals surface area contributed by atoms with Gasteiger partial charge in [-0.05, 0) is 56.3 Å². The van der Waals surface area contributed by atoms with Crippen LogP contribution < -0.4 is 0 Å². The van der Waals surface area contributed by atoms with Crippen molar-refractivity contribution in [2.24, 2.45) is 23.2 Å². The molecule has 0 N–H and O–H groups in total. The zero-order valence-corrected chi connectivity index (χ0v) is 11.9. The van der Waals surface area contributed by atoms with Crippen molar-refractivity contribution in [3.05, 3.63) is 0 Å². The Morgan fingerprint density at radius 1 is 1.20 bits per heavy atom. The zero-order chi connectivity index (χ0) is 14.5. The van der Waals surface area contributed by atoms with E-state index < -0.39 is 33.6 Å². The highest BCUT2D eigenvalue weighted by molar-refractivity contribution is 7.86. The highest BCUT2D eigenvalue weighted by Crippen LogP contribution is 2.60. The standard InChI is InChI=1S/C13H19FO5S/c14-11(20(16,17)18)7-19-12(15)13-4-8-1-9(5-13)3-10(2-8)6-13/h8-11H,1-7H2,(H,16,17,18)/p-1. The fourth-order valence-corrected chi connectivity index (χ4v) is 4.97. The summed E-state index contributed by atoms with van der Waals surface area (Å²) in [4.78, 5) is 12.2. The predicted octanol–water partition coefficient (Wildman–Crippen LogP) is 1.59. The molecule has 0 aliphatic heterocycles. The minimum Gasteiger partial charge on any atom is -0.746 e. The lowest BCUT2D eigenvalue weighted by Gasteiger charge is -2.55. The van der Waals surface area contributed by atoms with Gasteiger partial charge in [-0.25, -0.2) is 12.8 Å². The van der Waals surface area contributed by atoms with E-state index in [1.807, 2.05) is 0 Å². The average molecular weight is 305 g/mol. The molecule has 0 aromatic heterocycles. The molecule has 1 unspecified atom stereocenters. The van der Waals surface area contributed by atoms with E-state index in [1.165, 1.54) is 0 Å². The topological polar surface area (TPSA) is 83.5 Å². The van der Waals surface area contributed by atoms with Gasteiger partial charge >= 0.3 is 5.97 Å². The Balaban J connectivity index is 1.65. The number of alkyl halides is 1. The second kappa shape index (κ2) is 4.66. The van der Waals surface area contributed by atoms with Crippen LogP contribution in [-0.2, 0) is 19.6 Å². The lowest BCUT2D eigenvalue weighted by molar-refractivity contribution is -0.172. The third-order valence-corrected chi connectivity index (χ3v) is 5.89. The number of hydrogen-bond donors (Lipinski definition) is 0. The van der Waals surface area contributed by atoms with E-state index in [4.69, 9.17) is 4.74 Å². The van der Waals surface area contributed by atoms with Gasteiger partial charge in [0, 0.05) is 0 Å². The number of carbonyl (C=O) groups is 1. The summed E-state index contributed by atoms with van der Waals surface area (Å²) in [5.41, 5.74) is -3.22. The van der Waals surface area contributed by atoms with Gasteiger partial charge in [-0.1, -0.05) is 0 Å². The van der Waals surface area contributed by atoms with Crippen LogP contribution in [0.25, 0.3) is 0 Å². The van der Waals surface area contributed by atoms with Crippen LogP contribution in [0.2, 0.25) is 0 Å². The lowest BCUT2D eigenvalue weighted by Crippen LogP contribution is -2.50. The average Bonchev–Trinajstić information content (AvgIpc) is 2.32. The largest absolute Gasteiger partial charge is 0.746 e. The molecule has 20 heavy (non-hydrogen) atoms. The molecule has 4 rings (SSSR count). The molecule has 7 heteroatoms. The van der Waals surface area contributed by atoms with Gasteiger partial charge in [-0.2, -0.15) is 0 Å². The minimum absolute atomic E-state index is 0.511. The van der Waals surface area contributed by atoms with Crippen molar-refractivity contribution < 1.29 is 26.9 Å². The van der Waals surface area contributed by atoms with Gasteiger partial charge in [-0.15, -0.1) is 0 Å². The highest BCUT2D eigenvalue weighted by Gasteiger charge is 2.55. The Hall–Kier alpha value is -0.690. The van der Waals surface area contributed by atoms with E-state index in [0.29, 0.717) is 17.8 Å². The quantitative estimate of drug-likeness (QED) is 0.581. The van der Waals surface area contributed by atoms with Crippen LogP contribution >= 0.6 is 0 Å². The van der Waals surface area contributed by atoms with Gasteiger partial charge in [-0.3, -0.25) is 4.79 Å². The monoisotopic (exact) mass is 305 g/mol. The number of esters is 1. The Kier molecular flexibility index (Phi) is 3.32. The maximum Gasteiger partial charge on any atom is 0.312 e. The molecule has 1 atom stereocenters. The molecule has 0 spiro atoms. The highest BCUT2D eigenvalue weighted by atomic mass is 32.2. The van der Waals surface area contributed by atoms with Gasteiger partial charge in [0.25, 0.3) is 0 Å². The molecule has 4 aliphatic carbocycles. The van der Waals surface area contributed by atoms with Crippen molar-refractivity contribution in [2.45, 2.75) is 44.0 Å². The first-order chi connectivity index (χ1) is 9.28. The van der Waals surface area contributed by atoms with Gasteiger partial charge in [0.05, 0.1) is 5.41 Å². The number of hydrogen-bond acceptors (Lipinski definition) is 5. The SMILES string of the molecule is O=C(OCC(F)S(=O)(=O)[O-])C12CC3CC(CC(C3)C1)C2. The molecule has 4 aliphatic rings. The summed E-state index contributed by atoms with van der Waals surface area (Å²) in [7, 11) is -5.05. The first-order valence-electron chi connectivity index (χ1n) is 7.04. The number of carbonyl (C=O) groups excluding carboxylic acids is 1. The molecule has 4 fully saturated rings. The van der Waals surface area contributed by atoms with Gasteiger partial charge in [0.15, 0.2) is 0 Å². The Morgan fingerprint density at radius 3 is 2.05 bits per heavy atom. The third-order valence-electron chi connectivity index (χ3n) is 5.13. The predicted molar refractivity (Wildman–Crippen MR) is 66.2 cm³/mol. The molecule has 0 saturated heterocycles. The van der Waals surface area contributed by atoms with Gasteiger partial charge in [0.1, 0.15) is 16.7 Å². The molecule has 0 heterocycles. The van der Waals surface area contributed by atoms with Crippen LogP contribution in [0.5, 0.6) is 0 Å². The molecule has 5 nitrogen and oxygen atoms in total. The van der Waals surface area contributed by atoms with E-state index in [-0.39, 0.29) is 0 Å². The van der Waals surface area contributed by atoms with E-state index in [0.717, 1.165) is 38.5 Å². The molecule has 4 bridgehead atoms. The fourth-order valence-electron chi connectivity index (χ4n) is 4.74. The van der Waals surface area contributed by atoms with Crippen molar-refractivity contribution in [2.75, 3.05) is 6.61 Å². The Labute approximate surface area is 117 Å². The van der Waals surface area contributed by atoms with E-state index in [1.54, 1.807) is 0 Å². The van der Waals surface area contributed by atoms with Gasteiger partial charge in [0.2, 0.25) is 5.50 Å². The number of ether oxygens (including phenoxy) is 1. The molecule has 0 aromatic carbocycles. The smallest absolute Gasteiger partial charge is 0.312 e. The molecule has 0 radical (unpaired) electrons. The van der Waals surface area contributed by atoms with Crippen LogP contribution in [0, 0.1) is 23.2 Å². The molecule has 4 saturated carbocycles. The lowest BCUT2D eigenvalue weighted by atomic mass is 9.49. The second-order valence-electron chi connectivity index (χ2n) is 6.70. The molecule has 0 amide bonds. The maximum atomic E-state index is 13.1. The van der Waals surface area contributed by atoms with Crippen molar-refractivity contribution in [1.82, 2.24) is 0 Å². The minimum atomic E-state index is -5.05. The van der Waals surface area contributed by atoms with Crippen molar-refractivity contribution in [3.8, 4) is 0 Å². The van der Waals surface area contributed by atoms with Crippen LogP contribution in [0.1, 0.15) is 38.5 Å². The van der Waals surface area contributed by atoms with Gasteiger partial charge < -0.3 is 9.29 Å². The fraction of sp³-hybridized carbons (Fsp3) is 0.923. The maximum absolute atomic E-state index is 13.1. The molecule has 114 valence electrons. The summed E-state index contributed by atoms with van der Waals surface area (Å²) in [6.45, 7) is -0.980. The van der Waals surface area contributed by atoms with E-state index >= 15 is 0 Å². The zero-order valence-electron chi connectivity index (χ0n) is 11.1. The summed E-state index contributed by atoms with van der Waals surface area (Å²) < 4.78 is 49.3. The molecular formula is C13H18FO5S-. The van der Waals surface area contributed by atoms with E-state index in [2.05, 4.69) is 0 Å². The summed E-state index contributed by atoms with van der Waals surface area (Å²) in [5, 5.41) is 0. The number of rotatable bonds is 4. The Morgan fingerprint density at radius 2 is 1.65 bits per heavy atom. The van der Waals surface area contributed by atoms with Crippen LogP contribution in [0.3, 0.4) is 0 Å². The van der Waals surface area contributed by atoms with Crippen molar-refractivity contribution >= 4 is 16.1 Å². The summed E-state index contributed by atoms with van der Waals surface area (Å²) in [5.74, 6) is 1.11. The first kappa shape index (κ1) is 14.3. The Bertz CT molecular complexity index is 480. The summed E-state index contributed by atoms with van der Waals surface area (Å²) in [6, 6.07) is 0. The van der Waals surface area contributed by atoms with Crippen molar-refractivity contribution in [1.29, 1.82) is 0 Å². The van der Waals surface area contributed by atoms with Crippen LogP contribution in [-0.4, -0.2) is 31.1 Å². The molecular weight excluding hydrogens is 287 g/mol. The van der Waals surface area contributed by atoms with Crippen molar-refractivity contribution in [3.63, 3.8) is 0 Å². The number of halogens is 1. The third kappa shape index (κ3) is 2.45. The summed E-state index contributed by atoms with van der Waals surface area (Å²) >= 11 is 0. The van der Waals surface area contributed by atoms with Crippen LogP contribution in [0.4, 0.5) is 4.39 Å². The second-order valence-corrected chi connectivity index (χ2v) is 8.20. The van der Waals surface area contributed by atoms with E-state index in [9.17, 15) is 22.2 Å². The molecule has 0 aromatic rings.